The summed E-state index contributed by atoms with van der Waals surface area (Å²) in [6.45, 7) is 1.92. The SMILES string of the molecule is CCOC(=O)CC(=O)C=Cc1ccccc1N=[N+]=[N-]. The second kappa shape index (κ2) is 7.68. The molecule has 1 aromatic rings. The molecule has 0 radical (unpaired) electrons. The van der Waals surface area contributed by atoms with Crippen LogP contribution in [0, 0.1) is 0 Å². The second-order valence-corrected chi connectivity index (χ2v) is 3.53. The van der Waals surface area contributed by atoms with Gasteiger partial charge >= 0.3 is 5.97 Å². The number of carbonyl (C=O) groups excluding carboxylic acids is 2. The molecule has 0 saturated heterocycles. The summed E-state index contributed by atoms with van der Waals surface area (Å²) >= 11 is 0. The van der Waals surface area contributed by atoms with Crippen molar-refractivity contribution in [3.63, 3.8) is 0 Å². The Bertz CT molecular complexity index is 546. The first-order valence-electron chi connectivity index (χ1n) is 5.68. The van der Waals surface area contributed by atoms with Gasteiger partial charge in [0.25, 0.3) is 0 Å². The van der Waals surface area contributed by atoms with Crippen molar-refractivity contribution in [2.24, 2.45) is 5.11 Å². The Hall–Kier alpha value is -2.59. The fraction of sp³-hybridized carbons (Fsp3) is 0.231. The molecule has 0 aromatic heterocycles. The maximum absolute atomic E-state index is 11.5. The van der Waals surface area contributed by atoms with Crippen molar-refractivity contribution in [1.82, 2.24) is 0 Å². The van der Waals surface area contributed by atoms with Gasteiger partial charge in [0, 0.05) is 10.6 Å². The van der Waals surface area contributed by atoms with E-state index in [4.69, 9.17) is 5.53 Å². The molecule has 0 fully saturated rings. The minimum atomic E-state index is -0.555. The monoisotopic (exact) mass is 259 g/mol. The van der Waals surface area contributed by atoms with Crippen molar-refractivity contribution < 1.29 is 14.3 Å². The van der Waals surface area contributed by atoms with E-state index >= 15 is 0 Å². The first-order chi connectivity index (χ1) is 9.17. The molecule has 0 spiro atoms. The number of hydrogen-bond acceptors (Lipinski definition) is 4. The van der Waals surface area contributed by atoms with E-state index in [0.29, 0.717) is 11.3 Å². The third kappa shape index (κ3) is 5.06. The summed E-state index contributed by atoms with van der Waals surface area (Å²) in [6.07, 6.45) is 2.47. The molecule has 19 heavy (non-hydrogen) atoms. The van der Waals surface area contributed by atoms with Crippen LogP contribution >= 0.6 is 0 Å². The second-order valence-electron chi connectivity index (χ2n) is 3.53. The topological polar surface area (TPSA) is 92.1 Å². The van der Waals surface area contributed by atoms with Crippen molar-refractivity contribution in [2.75, 3.05) is 6.61 Å². The summed E-state index contributed by atoms with van der Waals surface area (Å²) in [5, 5.41) is 3.50. The van der Waals surface area contributed by atoms with Crippen LogP contribution in [0.5, 0.6) is 0 Å². The highest BCUT2D eigenvalue weighted by Crippen LogP contribution is 2.20. The minimum Gasteiger partial charge on any atom is -0.466 e. The number of esters is 1. The molecule has 0 N–H and O–H groups in total. The average Bonchev–Trinajstić information content (AvgIpc) is 2.38. The number of nitrogens with zero attached hydrogens (tertiary/aromatic N) is 3. The number of benzene rings is 1. The van der Waals surface area contributed by atoms with Crippen LogP contribution in [-0.2, 0) is 14.3 Å². The zero-order chi connectivity index (χ0) is 14.1. The zero-order valence-electron chi connectivity index (χ0n) is 10.4. The van der Waals surface area contributed by atoms with Crippen molar-refractivity contribution in [3.05, 3.63) is 46.3 Å². The van der Waals surface area contributed by atoms with Crippen molar-refractivity contribution in [3.8, 4) is 0 Å². The molecular weight excluding hydrogens is 246 g/mol. The van der Waals surface area contributed by atoms with Crippen molar-refractivity contribution in [1.29, 1.82) is 0 Å². The third-order valence-electron chi connectivity index (χ3n) is 2.16. The first-order valence-corrected chi connectivity index (χ1v) is 5.68. The molecule has 0 aliphatic carbocycles. The number of ketones is 1. The van der Waals surface area contributed by atoms with E-state index < -0.39 is 5.97 Å². The molecule has 0 aliphatic rings. The molecule has 1 aromatic carbocycles. The van der Waals surface area contributed by atoms with Gasteiger partial charge in [0.2, 0.25) is 0 Å². The summed E-state index contributed by atoms with van der Waals surface area (Å²) in [5.74, 6) is -0.922. The lowest BCUT2D eigenvalue weighted by atomic mass is 10.1. The van der Waals surface area contributed by atoms with Crippen LogP contribution in [0.2, 0.25) is 0 Å². The van der Waals surface area contributed by atoms with Crippen LogP contribution < -0.4 is 0 Å². The molecule has 0 saturated carbocycles. The summed E-state index contributed by atoms with van der Waals surface area (Å²) in [5.41, 5.74) is 9.44. The predicted octanol–water partition coefficient (Wildman–Crippen LogP) is 3.16. The molecule has 6 heteroatoms. The Kier molecular flexibility index (Phi) is 5.85. The molecule has 0 heterocycles. The maximum Gasteiger partial charge on any atom is 0.313 e. The van der Waals surface area contributed by atoms with Crippen molar-refractivity contribution >= 4 is 23.5 Å². The van der Waals surface area contributed by atoms with Gasteiger partial charge in [-0.15, -0.1) is 0 Å². The van der Waals surface area contributed by atoms with Gasteiger partial charge in [-0.2, -0.15) is 0 Å². The Labute approximate surface area is 110 Å². The molecule has 1 rings (SSSR count). The first kappa shape index (κ1) is 14.5. The van der Waals surface area contributed by atoms with E-state index in [1.165, 1.54) is 12.2 Å². The van der Waals surface area contributed by atoms with Gasteiger partial charge in [-0.1, -0.05) is 35.5 Å². The maximum atomic E-state index is 11.5. The van der Waals surface area contributed by atoms with Crippen molar-refractivity contribution in [2.45, 2.75) is 13.3 Å². The van der Waals surface area contributed by atoms with E-state index in [9.17, 15) is 9.59 Å². The van der Waals surface area contributed by atoms with Crippen LogP contribution in [0.4, 0.5) is 5.69 Å². The third-order valence-corrected chi connectivity index (χ3v) is 2.16. The van der Waals surface area contributed by atoms with E-state index in [-0.39, 0.29) is 18.8 Å². The number of carbonyl (C=O) groups is 2. The lowest BCUT2D eigenvalue weighted by Crippen LogP contribution is -2.08. The van der Waals surface area contributed by atoms with Crippen LogP contribution in [-0.4, -0.2) is 18.4 Å². The Morgan fingerprint density at radius 1 is 1.42 bits per heavy atom. The fourth-order valence-electron chi connectivity index (χ4n) is 1.36. The van der Waals surface area contributed by atoms with Gasteiger partial charge in [-0.05, 0) is 24.1 Å². The number of allylic oxidation sites excluding steroid dienone is 1. The van der Waals surface area contributed by atoms with Gasteiger partial charge in [0.1, 0.15) is 6.42 Å². The summed E-state index contributed by atoms with van der Waals surface area (Å²) in [6, 6.07) is 6.82. The van der Waals surface area contributed by atoms with Gasteiger partial charge in [0.05, 0.1) is 6.61 Å². The Morgan fingerprint density at radius 3 is 2.84 bits per heavy atom. The average molecular weight is 259 g/mol. The number of ether oxygens (including phenoxy) is 1. The van der Waals surface area contributed by atoms with E-state index in [2.05, 4.69) is 14.8 Å². The van der Waals surface area contributed by atoms with Crippen LogP contribution in [0.25, 0.3) is 16.5 Å². The summed E-state index contributed by atoms with van der Waals surface area (Å²) < 4.78 is 4.67. The van der Waals surface area contributed by atoms with Gasteiger partial charge in [0.15, 0.2) is 5.78 Å². The Morgan fingerprint density at radius 2 is 2.16 bits per heavy atom. The molecule has 0 unspecified atom stereocenters. The minimum absolute atomic E-state index is 0.246. The fourth-order valence-corrected chi connectivity index (χ4v) is 1.36. The standard InChI is InChI=1S/C13H13N3O3/c1-2-19-13(18)9-11(17)8-7-10-5-3-4-6-12(10)15-16-14/h3-8H,2,9H2,1H3. The van der Waals surface area contributed by atoms with E-state index in [1.807, 2.05) is 0 Å². The summed E-state index contributed by atoms with van der Waals surface area (Å²) in [7, 11) is 0. The molecule has 0 amide bonds. The van der Waals surface area contributed by atoms with Crippen LogP contribution in [0.3, 0.4) is 0 Å². The Balaban J connectivity index is 2.73. The quantitative estimate of drug-likeness (QED) is 0.196. The van der Waals surface area contributed by atoms with E-state index in [1.54, 1.807) is 31.2 Å². The molecular formula is C13H13N3O3. The highest BCUT2D eigenvalue weighted by atomic mass is 16.5. The smallest absolute Gasteiger partial charge is 0.313 e. The molecule has 0 atom stereocenters. The zero-order valence-corrected chi connectivity index (χ0v) is 10.4. The van der Waals surface area contributed by atoms with E-state index in [0.717, 1.165) is 0 Å². The molecule has 0 bridgehead atoms. The molecule has 98 valence electrons. The predicted molar refractivity (Wildman–Crippen MR) is 70.5 cm³/mol. The number of azide groups is 1. The van der Waals surface area contributed by atoms with Gasteiger partial charge in [-0.3, -0.25) is 9.59 Å². The lowest BCUT2D eigenvalue weighted by Gasteiger charge is -1.99. The highest BCUT2D eigenvalue weighted by Gasteiger charge is 2.07. The highest BCUT2D eigenvalue weighted by molar-refractivity contribution is 6.04. The lowest BCUT2D eigenvalue weighted by molar-refractivity contribution is -0.144. The number of rotatable bonds is 6. The van der Waals surface area contributed by atoms with Crippen LogP contribution in [0.1, 0.15) is 18.9 Å². The number of hydrogen-bond donors (Lipinski definition) is 0. The molecule has 0 aliphatic heterocycles. The van der Waals surface area contributed by atoms with Gasteiger partial charge < -0.3 is 4.74 Å². The normalized spacial score (nSPS) is 9.95. The van der Waals surface area contributed by atoms with Gasteiger partial charge in [-0.25, -0.2) is 0 Å². The largest absolute Gasteiger partial charge is 0.466 e. The van der Waals surface area contributed by atoms with Crippen LogP contribution in [0.15, 0.2) is 35.5 Å². The molecule has 6 nitrogen and oxygen atoms in total. The summed E-state index contributed by atoms with van der Waals surface area (Å²) in [4.78, 5) is 25.3.